The standard InChI is InChI=1S/C24H34O5S2/c1-22-8-6-15(25)10-14(22)4-5-16-17-7-9-24(19(27)12-30,29-20(28)13-31-3)23(17,2)11-18(26)21(16)22/h10,16-18,21,26,30H,4-9,11-13H2,1-3H3/t16-,17-,18-,21+,22-,23-,24-/m0/s1. The van der Waals surface area contributed by atoms with E-state index in [0.717, 1.165) is 25.7 Å². The first kappa shape index (κ1) is 23.4. The molecule has 0 aromatic rings. The molecule has 31 heavy (non-hydrogen) atoms. The van der Waals surface area contributed by atoms with Crippen LogP contribution in [-0.4, -0.2) is 52.1 Å². The quantitative estimate of drug-likeness (QED) is 0.476. The summed E-state index contributed by atoms with van der Waals surface area (Å²) in [6.07, 6.45) is 7.89. The molecule has 4 rings (SSSR count). The summed E-state index contributed by atoms with van der Waals surface area (Å²) in [7, 11) is 0. The number of aliphatic hydroxyl groups excluding tert-OH is 1. The van der Waals surface area contributed by atoms with Crippen molar-refractivity contribution in [2.75, 3.05) is 17.8 Å². The molecule has 3 saturated carbocycles. The van der Waals surface area contributed by atoms with Gasteiger partial charge in [0.15, 0.2) is 17.2 Å². The minimum atomic E-state index is -1.21. The van der Waals surface area contributed by atoms with E-state index in [1.54, 1.807) is 0 Å². The highest BCUT2D eigenvalue weighted by molar-refractivity contribution is 7.99. The van der Waals surface area contributed by atoms with E-state index in [1.807, 2.05) is 12.3 Å². The zero-order chi connectivity index (χ0) is 22.6. The van der Waals surface area contributed by atoms with Gasteiger partial charge in [-0.2, -0.15) is 24.4 Å². The molecule has 3 fully saturated rings. The van der Waals surface area contributed by atoms with Gasteiger partial charge in [-0.05, 0) is 74.0 Å². The number of thioether (sulfide) groups is 1. The van der Waals surface area contributed by atoms with Crippen LogP contribution in [0.4, 0.5) is 0 Å². The molecule has 0 bridgehead atoms. The van der Waals surface area contributed by atoms with E-state index in [4.69, 9.17) is 4.74 Å². The summed E-state index contributed by atoms with van der Waals surface area (Å²) in [4.78, 5) is 37.8. The van der Waals surface area contributed by atoms with E-state index in [0.29, 0.717) is 19.3 Å². The molecule has 7 heteroatoms. The summed E-state index contributed by atoms with van der Waals surface area (Å²) in [6.45, 7) is 4.27. The number of fused-ring (bicyclic) bond motifs is 5. The number of rotatable bonds is 5. The molecule has 172 valence electrons. The van der Waals surface area contributed by atoms with Gasteiger partial charge in [-0.1, -0.05) is 19.4 Å². The number of thiol groups is 1. The van der Waals surface area contributed by atoms with Gasteiger partial charge in [0.1, 0.15) is 0 Å². The van der Waals surface area contributed by atoms with Crippen molar-refractivity contribution < 1.29 is 24.2 Å². The Hall–Kier alpha value is -0.790. The Morgan fingerprint density at radius 1 is 1.26 bits per heavy atom. The first-order chi connectivity index (χ1) is 14.6. The van der Waals surface area contributed by atoms with Gasteiger partial charge in [0.2, 0.25) is 0 Å². The molecule has 0 saturated heterocycles. The van der Waals surface area contributed by atoms with Gasteiger partial charge in [0.25, 0.3) is 0 Å². The largest absolute Gasteiger partial charge is 0.450 e. The van der Waals surface area contributed by atoms with Crippen LogP contribution in [0, 0.1) is 28.6 Å². The molecule has 7 atom stereocenters. The van der Waals surface area contributed by atoms with Crippen molar-refractivity contribution in [2.45, 2.75) is 70.5 Å². The average molecular weight is 467 g/mol. The lowest BCUT2D eigenvalue weighted by Crippen LogP contribution is -2.63. The molecule has 0 spiro atoms. The van der Waals surface area contributed by atoms with Crippen LogP contribution in [-0.2, 0) is 19.1 Å². The van der Waals surface area contributed by atoms with Crippen LogP contribution >= 0.6 is 24.4 Å². The second-order valence-corrected chi connectivity index (χ2v) is 11.6. The average Bonchev–Trinajstić information content (AvgIpc) is 3.00. The van der Waals surface area contributed by atoms with E-state index in [9.17, 15) is 19.5 Å². The molecule has 0 aromatic heterocycles. The number of Topliss-reactive ketones (excluding diaryl/α,β-unsaturated/α-hetero) is 1. The maximum absolute atomic E-state index is 13.2. The Morgan fingerprint density at radius 2 is 2.00 bits per heavy atom. The highest BCUT2D eigenvalue weighted by atomic mass is 32.2. The number of esters is 1. The number of ether oxygens (including phenoxy) is 1. The molecule has 4 aliphatic rings. The van der Waals surface area contributed by atoms with Crippen molar-refractivity contribution in [1.82, 2.24) is 0 Å². The molecule has 0 heterocycles. The maximum Gasteiger partial charge on any atom is 0.316 e. The monoisotopic (exact) mass is 466 g/mol. The van der Waals surface area contributed by atoms with Gasteiger partial charge in [0, 0.05) is 11.8 Å². The molecule has 0 unspecified atom stereocenters. The minimum absolute atomic E-state index is 0.0196. The molecule has 5 nitrogen and oxygen atoms in total. The maximum atomic E-state index is 13.2. The zero-order valence-corrected chi connectivity index (χ0v) is 20.4. The first-order valence-corrected chi connectivity index (χ1v) is 13.4. The van der Waals surface area contributed by atoms with E-state index >= 15 is 0 Å². The molecule has 0 aliphatic heterocycles. The molecular formula is C24H34O5S2. The Kier molecular flexibility index (Phi) is 6.19. The Balaban J connectivity index is 1.73. The number of hydrogen-bond acceptors (Lipinski definition) is 7. The van der Waals surface area contributed by atoms with Crippen LogP contribution in [0.2, 0.25) is 0 Å². The Bertz CT molecular complexity index is 825. The summed E-state index contributed by atoms with van der Waals surface area (Å²) in [5.41, 5.74) is -0.803. The van der Waals surface area contributed by atoms with Crippen LogP contribution in [0.15, 0.2) is 11.6 Å². The van der Waals surface area contributed by atoms with Crippen LogP contribution in [0.5, 0.6) is 0 Å². The third-order valence-corrected chi connectivity index (χ3v) is 9.97. The zero-order valence-electron chi connectivity index (χ0n) is 18.7. The summed E-state index contributed by atoms with van der Waals surface area (Å²) < 4.78 is 6.01. The fourth-order valence-corrected chi connectivity index (χ4v) is 8.38. The number of carbonyl (C=O) groups is 3. The van der Waals surface area contributed by atoms with Crippen molar-refractivity contribution in [3.8, 4) is 0 Å². The van der Waals surface area contributed by atoms with E-state index in [-0.39, 0.29) is 52.2 Å². The Morgan fingerprint density at radius 3 is 2.68 bits per heavy atom. The van der Waals surface area contributed by atoms with Gasteiger partial charge in [-0.25, -0.2) is 0 Å². The predicted molar refractivity (Wildman–Crippen MR) is 124 cm³/mol. The van der Waals surface area contributed by atoms with Gasteiger partial charge in [-0.3, -0.25) is 14.4 Å². The first-order valence-electron chi connectivity index (χ1n) is 11.4. The molecule has 0 amide bonds. The van der Waals surface area contributed by atoms with E-state index in [2.05, 4.69) is 26.5 Å². The molecule has 0 radical (unpaired) electrons. The number of allylic oxidation sites excluding steroid dienone is 1. The summed E-state index contributed by atoms with van der Waals surface area (Å²) in [6, 6.07) is 0. The Labute approximate surface area is 194 Å². The highest BCUT2D eigenvalue weighted by Gasteiger charge is 2.70. The van der Waals surface area contributed by atoms with Crippen LogP contribution < -0.4 is 0 Å². The minimum Gasteiger partial charge on any atom is -0.450 e. The van der Waals surface area contributed by atoms with Crippen molar-refractivity contribution >= 4 is 41.9 Å². The lowest BCUT2D eigenvalue weighted by atomic mass is 9.45. The summed E-state index contributed by atoms with van der Waals surface area (Å²) in [5, 5.41) is 11.5. The molecule has 0 aromatic carbocycles. The van der Waals surface area contributed by atoms with Gasteiger partial charge in [0.05, 0.1) is 17.6 Å². The predicted octanol–water partition coefficient (Wildman–Crippen LogP) is 3.63. The van der Waals surface area contributed by atoms with Crippen LogP contribution in [0.1, 0.15) is 58.8 Å². The van der Waals surface area contributed by atoms with Crippen LogP contribution in [0.3, 0.4) is 0 Å². The second kappa shape index (κ2) is 8.21. The number of carbonyl (C=O) groups excluding carboxylic acids is 3. The number of hydrogen-bond donors (Lipinski definition) is 2. The summed E-state index contributed by atoms with van der Waals surface area (Å²) >= 11 is 5.65. The van der Waals surface area contributed by atoms with E-state index in [1.165, 1.54) is 17.3 Å². The van der Waals surface area contributed by atoms with Crippen molar-refractivity contribution in [3.05, 3.63) is 11.6 Å². The summed E-state index contributed by atoms with van der Waals surface area (Å²) in [5.74, 6) is 0.423. The number of aliphatic hydroxyl groups is 1. The SMILES string of the molecule is CSCC(=O)O[C@]1(C(=O)CS)CC[C@H]2[C@@H]3CCC4=CC(=O)CC[C@]4(C)[C@H]3[C@@H](O)C[C@@]21C. The smallest absolute Gasteiger partial charge is 0.316 e. The topological polar surface area (TPSA) is 80.7 Å². The normalized spacial score (nSPS) is 44.0. The lowest BCUT2D eigenvalue weighted by Gasteiger charge is -2.60. The van der Waals surface area contributed by atoms with Crippen LogP contribution in [0.25, 0.3) is 0 Å². The van der Waals surface area contributed by atoms with Crippen molar-refractivity contribution in [2.24, 2.45) is 28.6 Å². The van der Waals surface area contributed by atoms with Gasteiger partial charge >= 0.3 is 5.97 Å². The van der Waals surface area contributed by atoms with Crippen molar-refractivity contribution in [1.29, 1.82) is 0 Å². The van der Waals surface area contributed by atoms with Crippen molar-refractivity contribution in [3.63, 3.8) is 0 Å². The highest BCUT2D eigenvalue weighted by Crippen LogP contribution is 2.68. The van der Waals surface area contributed by atoms with E-state index < -0.39 is 17.1 Å². The van der Waals surface area contributed by atoms with Gasteiger partial charge in [-0.15, -0.1) is 0 Å². The second-order valence-electron chi connectivity index (χ2n) is 10.4. The lowest BCUT2D eigenvalue weighted by molar-refractivity contribution is -0.198. The number of ketones is 2. The molecular weight excluding hydrogens is 432 g/mol. The fourth-order valence-electron chi connectivity index (χ4n) is 7.83. The third-order valence-electron chi connectivity index (χ3n) is 9.16. The van der Waals surface area contributed by atoms with Gasteiger partial charge < -0.3 is 9.84 Å². The fraction of sp³-hybridized carbons (Fsp3) is 0.792. The molecule has 1 N–H and O–H groups in total. The molecule has 4 aliphatic carbocycles. The third kappa shape index (κ3) is 3.36.